The first kappa shape index (κ1) is 22.5. The van der Waals surface area contributed by atoms with Crippen LogP contribution < -0.4 is 15.5 Å². The van der Waals surface area contributed by atoms with E-state index in [1.165, 1.54) is 19.4 Å². The van der Waals surface area contributed by atoms with Crippen LogP contribution in [0.25, 0.3) is 0 Å². The Morgan fingerprint density at radius 1 is 1.31 bits per heavy atom. The lowest BCUT2D eigenvalue weighted by atomic mass is 9.92. The molecular formula is C24H22ClF2N3O5. The van der Waals surface area contributed by atoms with E-state index in [9.17, 15) is 23.2 Å². The number of benzene rings is 1. The molecule has 1 aromatic heterocycles. The second kappa shape index (κ2) is 7.76. The van der Waals surface area contributed by atoms with E-state index >= 15 is 0 Å². The monoisotopic (exact) mass is 505 g/mol. The van der Waals surface area contributed by atoms with Crippen molar-refractivity contribution in [1.29, 1.82) is 0 Å². The normalized spacial score (nSPS) is 28.1. The zero-order chi connectivity index (χ0) is 24.6. The van der Waals surface area contributed by atoms with Gasteiger partial charge in [0, 0.05) is 30.8 Å². The van der Waals surface area contributed by atoms with E-state index in [1.807, 2.05) is 0 Å². The Bertz CT molecular complexity index is 1350. The van der Waals surface area contributed by atoms with Crippen molar-refractivity contribution in [3.8, 4) is 5.75 Å². The van der Waals surface area contributed by atoms with Crippen molar-refractivity contribution in [3.05, 3.63) is 62.0 Å². The molecule has 35 heavy (non-hydrogen) atoms. The van der Waals surface area contributed by atoms with Gasteiger partial charge < -0.3 is 24.3 Å². The van der Waals surface area contributed by atoms with Crippen LogP contribution in [0, 0.1) is 23.5 Å². The number of nitrogens with one attached hydrogen (secondary N) is 1. The lowest BCUT2D eigenvalue weighted by molar-refractivity contribution is -0.202. The van der Waals surface area contributed by atoms with E-state index < -0.39 is 33.7 Å². The molecule has 6 rings (SSSR count). The summed E-state index contributed by atoms with van der Waals surface area (Å²) in [6, 6.07) is 1.91. The average molecular weight is 506 g/mol. The molecule has 11 heteroatoms. The fraction of sp³-hybridized carbons (Fsp3) is 0.458. The number of hydrogen-bond acceptors (Lipinski definition) is 5. The van der Waals surface area contributed by atoms with Crippen LogP contribution in [0.15, 0.2) is 23.1 Å². The Morgan fingerprint density at radius 2 is 2.11 bits per heavy atom. The van der Waals surface area contributed by atoms with Crippen molar-refractivity contribution in [1.82, 2.24) is 14.8 Å². The summed E-state index contributed by atoms with van der Waals surface area (Å²) in [5.74, 6) is -2.61. The average Bonchev–Trinajstić information content (AvgIpc) is 3.57. The maximum atomic E-state index is 14.3. The molecule has 8 nitrogen and oxygen atoms in total. The summed E-state index contributed by atoms with van der Waals surface area (Å²) in [4.78, 5) is 41.6. The van der Waals surface area contributed by atoms with Gasteiger partial charge in [0.15, 0.2) is 17.2 Å². The van der Waals surface area contributed by atoms with Crippen LogP contribution in [0.2, 0.25) is 5.02 Å². The van der Waals surface area contributed by atoms with E-state index in [4.69, 9.17) is 21.1 Å². The van der Waals surface area contributed by atoms with E-state index in [-0.39, 0.29) is 47.0 Å². The maximum absolute atomic E-state index is 14.3. The molecule has 1 spiro atoms. The van der Waals surface area contributed by atoms with Crippen LogP contribution in [-0.4, -0.2) is 47.3 Å². The summed E-state index contributed by atoms with van der Waals surface area (Å²) in [6.45, 7) is 0.751. The number of pyridine rings is 1. The molecule has 1 aromatic carbocycles. The lowest BCUT2D eigenvalue weighted by Crippen LogP contribution is -2.65. The first-order chi connectivity index (χ1) is 16.8. The standard InChI is InChI=1S/C24H22ClF2N3O5/c1-34-21-19-23(33)30-5-2-6-35-24(30)14-7-12(14)8-16(24)29(19)10-13(20(21)31)22(32)28-9-11-3-4-15(26)17(25)18(11)27/h3-4,10,12,14,16H,2,5-9H2,1H3,(H,28,32)/t12-,14-,16-,24-/m0/s1. The fourth-order valence-electron chi connectivity index (χ4n) is 6.10. The van der Waals surface area contributed by atoms with Crippen LogP contribution in [0.4, 0.5) is 8.78 Å². The fourth-order valence-corrected chi connectivity index (χ4v) is 6.28. The zero-order valence-electron chi connectivity index (χ0n) is 18.8. The zero-order valence-corrected chi connectivity index (χ0v) is 19.5. The summed E-state index contributed by atoms with van der Waals surface area (Å²) >= 11 is 5.61. The highest BCUT2D eigenvalue weighted by Gasteiger charge is 2.71. The number of fused-ring (bicyclic) bond motifs is 3. The number of amides is 2. The molecule has 4 aliphatic rings. The number of halogens is 3. The van der Waals surface area contributed by atoms with Crippen molar-refractivity contribution in [2.75, 3.05) is 20.3 Å². The van der Waals surface area contributed by atoms with E-state index in [1.54, 1.807) is 9.47 Å². The Labute approximate surface area is 203 Å². The van der Waals surface area contributed by atoms with E-state index in [2.05, 4.69) is 5.32 Å². The minimum absolute atomic E-state index is 0.0361. The molecule has 1 saturated heterocycles. The predicted molar refractivity (Wildman–Crippen MR) is 119 cm³/mol. The molecule has 0 unspecified atom stereocenters. The number of carbonyl (C=O) groups is 2. The molecular weight excluding hydrogens is 484 g/mol. The largest absolute Gasteiger partial charge is 0.491 e. The topological polar surface area (TPSA) is 89.9 Å². The Morgan fingerprint density at radius 3 is 2.89 bits per heavy atom. The van der Waals surface area contributed by atoms with Crippen molar-refractivity contribution in [3.63, 3.8) is 0 Å². The smallest absolute Gasteiger partial charge is 0.276 e. The van der Waals surface area contributed by atoms with Crippen LogP contribution in [0.1, 0.15) is 51.7 Å². The third-order valence-corrected chi connectivity index (χ3v) is 8.06. The van der Waals surface area contributed by atoms with Gasteiger partial charge in [-0.1, -0.05) is 17.7 Å². The third-order valence-electron chi connectivity index (χ3n) is 7.72. The summed E-state index contributed by atoms with van der Waals surface area (Å²) in [5.41, 5.74) is -1.69. The van der Waals surface area contributed by atoms with Crippen LogP contribution >= 0.6 is 11.6 Å². The van der Waals surface area contributed by atoms with Gasteiger partial charge in [0.2, 0.25) is 5.43 Å². The van der Waals surface area contributed by atoms with Crippen LogP contribution in [0.3, 0.4) is 0 Å². The van der Waals surface area contributed by atoms with Crippen molar-refractivity contribution >= 4 is 23.4 Å². The molecule has 3 heterocycles. The predicted octanol–water partition coefficient (Wildman–Crippen LogP) is 2.87. The molecule has 0 bridgehead atoms. The number of aromatic nitrogens is 1. The quantitative estimate of drug-likeness (QED) is 0.645. The first-order valence-electron chi connectivity index (χ1n) is 11.5. The van der Waals surface area contributed by atoms with Gasteiger partial charge in [-0.25, -0.2) is 8.78 Å². The SMILES string of the molecule is COc1c2n(cc(C(=O)NCc3ccc(F)c(Cl)c3F)c1=O)[C@H]1C[C@@H]3C[C@@H]3[C@]13OCCCN3C2=O. The molecule has 2 aliphatic carbocycles. The highest BCUT2D eigenvalue weighted by atomic mass is 35.5. The highest BCUT2D eigenvalue weighted by Crippen LogP contribution is 2.66. The highest BCUT2D eigenvalue weighted by molar-refractivity contribution is 6.30. The number of ether oxygens (including phenoxy) is 2. The van der Waals surface area contributed by atoms with Gasteiger partial charge in [-0.2, -0.15) is 0 Å². The Hall–Kier alpha value is -2.98. The minimum atomic E-state index is -0.987. The van der Waals surface area contributed by atoms with E-state index in [0.717, 1.165) is 18.9 Å². The van der Waals surface area contributed by atoms with Gasteiger partial charge in [-0.15, -0.1) is 0 Å². The minimum Gasteiger partial charge on any atom is -0.491 e. The summed E-state index contributed by atoms with van der Waals surface area (Å²) < 4.78 is 41.0. The second-order valence-electron chi connectivity index (χ2n) is 9.44. The number of nitrogens with zero attached hydrogens (tertiary/aromatic N) is 2. The molecule has 1 N–H and O–H groups in total. The number of carbonyl (C=O) groups excluding carboxylic acids is 2. The van der Waals surface area contributed by atoms with Gasteiger partial charge in [0.05, 0.1) is 19.8 Å². The number of methoxy groups -OCH3 is 1. The maximum Gasteiger partial charge on any atom is 0.276 e. The molecule has 3 fully saturated rings. The van der Waals surface area contributed by atoms with Crippen molar-refractivity contribution < 1.29 is 27.8 Å². The lowest BCUT2D eigenvalue weighted by Gasteiger charge is -2.53. The van der Waals surface area contributed by atoms with Gasteiger partial charge in [-0.3, -0.25) is 14.4 Å². The van der Waals surface area contributed by atoms with Crippen molar-refractivity contribution in [2.24, 2.45) is 11.8 Å². The third kappa shape index (κ3) is 3.02. The molecule has 0 radical (unpaired) electrons. The summed E-state index contributed by atoms with van der Waals surface area (Å²) in [5, 5.41) is 1.82. The molecule has 184 valence electrons. The summed E-state index contributed by atoms with van der Waals surface area (Å²) in [6.07, 6.45) is 3.82. The number of hydrogen-bond donors (Lipinski definition) is 1. The van der Waals surface area contributed by atoms with Gasteiger partial charge in [-0.05, 0) is 31.2 Å². The van der Waals surface area contributed by atoms with Crippen LogP contribution in [-0.2, 0) is 11.3 Å². The molecule has 2 aromatic rings. The Balaban J connectivity index is 1.40. The van der Waals surface area contributed by atoms with Gasteiger partial charge >= 0.3 is 0 Å². The first-order valence-corrected chi connectivity index (χ1v) is 11.9. The van der Waals surface area contributed by atoms with Crippen molar-refractivity contribution in [2.45, 2.75) is 37.6 Å². The Kier molecular flexibility index (Phi) is 4.98. The second-order valence-corrected chi connectivity index (χ2v) is 9.82. The van der Waals surface area contributed by atoms with Gasteiger partial charge in [0.1, 0.15) is 22.2 Å². The molecule has 2 aliphatic heterocycles. The molecule has 4 atom stereocenters. The van der Waals surface area contributed by atoms with Gasteiger partial charge in [0.25, 0.3) is 11.8 Å². The van der Waals surface area contributed by atoms with Crippen LogP contribution in [0.5, 0.6) is 5.75 Å². The number of rotatable bonds is 4. The summed E-state index contributed by atoms with van der Waals surface area (Å²) in [7, 11) is 1.28. The molecule has 2 amide bonds. The van der Waals surface area contributed by atoms with E-state index in [0.29, 0.717) is 25.5 Å². The molecule has 2 saturated carbocycles.